The van der Waals surface area contributed by atoms with E-state index in [1.165, 1.54) is 32.1 Å². The van der Waals surface area contributed by atoms with Crippen molar-refractivity contribution in [1.82, 2.24) is 0 Å². The van der Waals surface area contributed by atoms with E-state index in [9.17, 15) is 5.11 Å². The normalized spacial score (nSPS) is 10.8. The van der Waals surface area contributed by atoms with Gasteiger partial charge in [0.25, 0.3) is 0 Å². The van der Waals surface area contributed by atoms with Crippen molar-refractivity contribution >= 4 is 0 Å². The molecule has 2 heteroatoms. The number of phenolic OH excluding ortho intramolecular Hbond substituents is 1. The third kappa shape index (κ3) is 5.54. The van der Waals surface area contributed by atoms with Crippen LogP contribution < -0.4 is 0 Å². The molecule has 2 N–H and O–H groups in total. The summed E-state index contributed by atoms with van der Waals surface area (Å²) in [6.07, 6.45) is 9.23. The molecule has 2 nitrogen and oxygen atoms in total. The van der Waals surface area contributed by atoms with Crippen molar-refractivity contribution in [1.29, 1.82) is 0 Å². The molecule has 1 aromatic rings. The lowest BCUT2D eigenvalue weighted by molar-refractivity contribution is 0.299. The van der Waals surface area contributed by atoms with Crippen LogP contribution in [0, 0.1) is 0 Å². The quantitative estimate of drug-likeness (QED) is 0.654. The van der Waals surface area contributed by atoms with Crippen LogP contribution in [0.3, 0.4) is 0 Å². The van der Waals surface area contributed by atoms with Gasteiger partial charge >= 0.3 is 0 Å². The summed E-state index contributed by atoms with van der Waals surface area (Å²) in [5.41, 5.74) is 2.13. The Balaban J connectivity index is 2.34. The fourth-order valence-electron chi connectivity index (χ4n) is 2.22. The third-order valence-corrected chi connectivity index (χ3v) is 3.34. The minimum absolute atomic E-state index is 0.168. The molecule has 0 atom stereocenters. The highest BCUT2D eigenvalue weighted by Gasteiger charge is 2.03. The highest BCUT2D eigenvalue weighted by atomic mass is 16.3. The number of rotatable bonds is 9. The molecule has 0 aliphatic heterocycles. The lowest BCUT2D eigenvalue weighted by Gasteiger charge is -2.07. The molecule has 0 aliphatic carbocycles. The van der Waals surface area contributed by atoms with Crippen LogP contribution in [0.4, 0.5) is 0 Å². The van der Waals surface area contributed by atoms with Gasteiger partial charge < -0.3 is 10.2 Å². The molecule has 0 aromatic heterocycles. The maximum atomic E-state index is 9.78. The number of hydrogen-bond donors (Lipinski definition) is 2. The van der Waals surface area contributed by atoms with Crippen molar-refractivity contribution in [3.8, 4) is 5.75 Å². The molecular weight excluding hydrogens is 224 g/mol. The van der Waals surface area contributed by atoms with Crippen LogP contribution in [-0.4, -0.2) is 16.8 Å². The van der Waals surface area contributed by atoms with Gasteiger partial charge in [0.1, 0.15) is 5.75 Å². The van der Waals surface area contributed by atoms with Crippen LogP contribution in [0.25, 0.3) is 0 Å². The highest BCUT2D eigenvalue weighted by molar-refractivity contribution is 5.36. The van der Waals surface area contributed by atoms with Gasteiger partial charge in [0, 0.05) is 6.61 Å². The highest BCUT2D eigenvalue weighted by Crippen LogP contribution is 2.21. The third-order valence-electron chi connectivity index (χ3n) is 3.34. The topological polar surface area (TPSA) is 40.5 Å². The molecule has 0 aliphatic rings. The zero-order valence-electron chi connectivity index (χ0n) is 11.5. The molecule has 0 saturated heterocycles. The molecule has 102 valence electrons. The summed E-state index contributed by atoms with van der Waals surface area (Å²) in [5.74, 6) is 0.394. The van der Waals surface area contributed by atoms with Crippen molar-refractivity contribution in [2.24, 2.45) is 0 Å². The van der Waals surface area contributed by atoms with Gasteiger partial charge in [-0.1, -0.05) is 51.2 Å². The Hall–Kier alpha value is -1.02. The van der Waals surface area contributed by atoms with Gasteiger partial charge in [-0.05, 0) is 36.5 Å². The van der Waals surface area contributed by atoms with Crippen molar-refractivity contribution in [3.05, 3.63) is 29.3 Å². The maximum absolute atomic E-state index is 9.78. The summed E-state index contributed by atoms with van der Waals surface area (Å²) >= 11 is 0. The molecule has 1 aromatic carbocycles. The Morgan fingerprint density at radius 1 is 0.944 bits per heavy atom. The summed E-state index contributed by atoms with van der Waals surface area (Å²) in [6.45, 7) is 2.39. The average Bonchev–Trinajstić information content (AvgIpc) is 2.37. The van der Waals surface area contributed by atoms with E-state index in [1.54, 1.807) is 6.07 Å². The van der Waals surface area contributed by atoms with Crippen LogP contribution >= 0.6 is 0 Å². The largest absolute Gasteiger partial charge is 0.508 e. The van der Waals surface area contributed by atoms with E-state index in [-0.39, 0.29) is 6.61 Å². The molecule has 0 fully saturated rings. The van der Waals surface area contributed by atoms with Gasteiger partial charge in [-0.25, -0.2) is 0 Å². The van der Waals surface area contributed by atoms with Crippen LogP contribution in [0.2, 0.25) is 0 Å². The molecule has 0 spiro atoms. The van der Waals surface area contributed by atoms with Gasteiger partial charge in [0.05, 0.1) is 0 Å². The molecule has 1 rings (SSSR count). The number of benzene rings is 1. The molecule has 0 heterocycles. The Morgan fingerprint density at radius 3 is 2.39 bits per heavy atom. The number of unbranched alkanes of at least 4 members (excludes halogenated alkanes) is 5. The van der Waals surface area contributed by atoms with Gasteiger partial charge in [-0.2, -0.15) is 0 Å². The van der Waals surface area contributed by atoms with E-state index in [0.717, 1.165) is 24.0 Å². The summed E-state index contributed by atoms with van der Waals surface area (Å²) in [5, 5.41) is 18.7. The first-order chi connectivity index (χ1) is 8.77. The van der Waals surface area contributed by atoms with E-state index >= 15 is 0 Å². The fraction of sp³-hybridized carbons (Fsp3) is 0.625. The number of aliphatic hydroxyl groups excluding tert-OH is 1. The molecular formula is C16H26O2. The second kappa shape index (κ2) is 8.98. The summed E-state index contributed by atoms with van der Waals surface area (Å²) < 4.78 is 0. The van der Waals surface area contributed by atoms with E-state index in [4.69, 9.17) is 5.11 Å². The lowest BCUT2D eigenvalue weighted by Crippen LogP contribution is -1.94. The van der Waals surface area contributed by atoms with Gasteiger partial charge in [0.2, 0.25) is 0 Å². The molecule has 0 amide bonds. The smallest absolute Gasteiger partial charge is 0.118 e. The van der Waals surface area contributed by atoms with E-state index in [1.807, 2.05) is 12.1 Å². The van der Waals surface area contributed by atoms with Crippen molar-refractivity contribution in [2.75, 3.05) is 6.61 Å². The van der Waals surface area contributed by atoms with E-state index < -0.39 is 0 Å². The second-order valence-electron chi connectivity index (χ2n) is 4.95. The molecule has 18 heavy (non-hydrogen) atoms. The van der Waals surface area contributed by atoms with Crippen molar-refractivity contribution in [3.63, 3.8) is 0 Å². The zero-order valence-corrected chi connectivity index (χ0v) is 11.5. The Bertz CT molecular complexity index is 334. The number of aromatic hydroxyl groups is 1. The minimum atomic E-state index is 0.168. The van der Waals surface area contributed by atoms with E-state index in [0.29, 0.717) is 12.2 Å². The Labute approximate surface area is 111 Å². The Kier molecular flexibility index (Phi) is 7.51. The maximum Gasteiger partial charge on any atom is 0.118 e. The minimum Gasteiger partial charge on any atom is -0.508 e. The Morgan fingerprint density at radius 2 is 1.67 bits per heavy atom. The van der Waals surface area contributed by atoms with Crippen molar-refractivity contribution in [2.45, 2.75) is 58.3 Å². The van der Waals surface area contributed by atoms with Crippen LogP contribution in [0.15, 0.2) is 18.2 Å². The molecule has 0 bridgehead atoms. The second-order valence-corrected chi connectivity index (χ2v) is 4.95. The summed E-state index contributed by atoms with van der Waals surface area (Å²) in [4.78, 5) is 0. The van der Waals surface area contributed by atoms with Gasteiger partial charge in [-0.15, -0.1) is 0 Å². The standard InChI is InChI=1S/C16H26O2/c1-2-3-4-5-6-7-8-15-13-14(11-12-17)9-10-16(15)18/h9-10,13,17-18H,2-8,11-12H2,1H3. The predicted molar refractivity (Wildman–Crippen MR) is 76.0 cm³/mol. The molecule has 0 unspecified atom stereocenters. The fourth-order valence-corrected chi connectivity index (χ4v) is 2.22. The SMILES string of the molecule is CCCCCCCCc1cc(CCO)ccc1O. The van der Waals surface area contributed by atoms with Crippen LogP contribution in [0.5, 0.6) is 5.75 Å². The average molecular weight is 250 g/mol. The van der Waals surface area contributed by atoms with Gasteiger partial charge in [-0.3, -0.25) is 0 Å². The monoisotopic (exact) mass is 250 g/mol. The summed E-state index contributed by atoms with van der Waals surface area (Å²) in [6, 6.07) is 5.66. The lowest BCUT2D eigenvalue weighted by atomic mass is 10.0. The zero-order chi connectivity index (χ0) is 13.2. The first-order valence-corrected chi connectivity index (χ1v) is 7.19. The predicted octanol–water partition coefficient (Wildman–Crippen LogP) is 3.83. The number of phenols is 1. The molecule has 0 saturated carbocycles. The molecule has 0 radical (unpaired) electrons. The van der Waals surface area contributed by atoms with Crippen molar-refractivity contribution < 1.29 is 10.2 Å². The first-order valence-electron chi connectivity index (χ1n) is 7.19. The summed E-state index contributed by atoms with van der Waals surface area (Å²) in [7, 11) is 0. The number of hydrogen-bond acceptors (Lipinski definition) is 2. The van der Waals surface area contributed by atoms with Crippen LogP contribution in [-0.2, 0) is 12.8 Å². The van der Waals surface area contributed by atoms with E-state index in [2.05, 4.69) is 6.92 Å². The van der Waals surface area contributed by atoms with Gasteiger partial charge in [0.15, 0.2) is 0 Å². The van der Waals surface area contributed by atoms with Crippen LogP contribution in [0.1, 0.15) is 56.6 Å². The number of aliphatic hydroxyl groups is 1. The first kappa shape index (κ1) is 15.0. The number of aryl methyl sites for hydroxylation is 1.